The van der Waals surface area contributed by atoms with Gasteiger partial charge in [0, 0.05) is 32.7 Å². The average Bonchev–Trinajstić information content (AvgIpc) is 2.28. The lowest BCUT2D eigenvalue weighted by molar-refractivity contribution is -0.142. The van der Waals surface area contributed by atoms with Gasteiger partial charge in [-0.05, 0) is 7.05 Å². The Labute approximate surface area is 107 Å². The largest absolute Gasteiger partial charge is 0.481 e. The van der Waals surface area contributed by atoms with Crippen LogP contribution in [0.3, 0.4) is 0 Å². The number of carboxylic acid groups (broad SMARTS) is 1. The minimum absolute atomic E-state index is 0.0852. The van der Waals surface area contributed by atoms with E-state index in [1.54, 1.807) is 0 Å². The zero-order valence-electron chi connectivity index (χ0n) is 10.9. The van der Waals surface area contributed by atoms with E-state index in [0.29, 0.717) is 13.2 Å². The summed E-state index contributed by atoms with van der Waals surface area (Å²) in [6, 6.07) is 0. The summed E-state index contributed by atoms with van der Waals surface area (Å²) < 4.78 is 11.2. The van der Waals surface area contributed by atoms with E-state index in [0.717, 1.165) is 32.8 Å². The maximum atomic E-state index is 10.7. The van der Waals surface area contributed by atoms with Gasteiger partial charge in [0.05, 0.1) is 31.8 Å². The summed E-state index contributed by atoms with van der Waals surface area (Å²) in [5.74, 6) is -0.796. The first kappa shape index (κ1) is 13.7. The summed E-state index contributed by atoms with van der Waals surface area (Å²) in [6.07, 6.45) is 0.131. The molecule has 0 spiro atoms. The molecule has 2 rings (SSSR count). The number of hydrogen-bond acceptors (Lipinski definition) is 5. The number of aliphatic carboxylic acids is 1. The summed E-state index contributed by atoms with van der Waals surface area (Å²) in [7, 11) is 2.10. The number of morpholine rings is 2. The minimum Gasteiger partial charge on any atom is -0.481 e. The number of rotatable bonds is 4. The van der Waals surface area contributed by atoms with E-state index in [-0.39, 0.29) is 18.6 Å². The van der Waals surface area contributed by atoms with Crippen LogP contribution in [0.15, 0.2) is 0 Å². The first-order chi connectivity index (χ1) is 8.63. The van der Waals surface area contributed by atoms with Crippen LogP contribution in [0.2, 0.25) is 0 Å². The fourth-order valence-corrected chi connectivity index (χ4v) is 2.53. The Balaban J connectivity index is 1.76. The topological polar surface area (TPSA) is 62.2 Å². The molecule has 2 saturated heterocycles. The van der Waals surface area contributed by atoms with Crippen molar-refractivity contribution in [1.29, 1.82) is 0 Å². The highest BCUT2D eigenvalue weighted by molar-refractivity contribution is 5.67. The minimum atomic E-state index is -0.796. The zero-order valence-corrected chi connectivity index (χ0v) is 10.9. The number of nitrogens with zero attached hydrogens (tertiary/aromatic N) is 2. The van der Waals surface area contributed by atoms with Gasteiger partial charge in [-0.3, -0.25) is 9.69 Å². The van der Waals surface area contributed by atoms with Gasteiger partial charge in [-0.15, -0.1) is 0 Å². The maximum absolute atomic E-state index is 10.7. The molecule has 0 aromatic rings. The molecule has 0 aromatic carbocycles. The summed E-state index contributed by atoms with van der Waals surface area (Å²) in [5, 5.41) is 8.78. The number of likely N-dealkylation sites (N-methyl/N-ethyl adjacent to an activating group) is 1. The van der Waals surface area contributed by atoms with Crippen LogP contribution < -0.4 is 0 Å². The Hall–Kier alpha value is -0.690. The van der Waals surface area contributed by atoms with Crippen LogP contribution >= 0.6 is 0 Å². The molecule has 2 atom stereocenters. The Morgan fingerprint density at radius 3 is 2.67 bits per heavy atom. The molecule has 0 saturated carbocycles. The second-order valence-electron chi connectivity index (χ2n) is 5.11. The van der Waals surface area contributed by atoms with Gasteiger partial charge in [0.2, 0.25) is 0 Å². The van der Waals surface area contributed by atoms with Gasteiger partial charge in [0.1, 0.15) is 0 Å². The third-order valence-corrected chi connectivity index (χ3v) is 3.43. The number of carbonyl (C=O) groups is 1. The van der Waals surface area contributed by atoms with Crippen molar-refractivity contribution in [2.75, 3.05) is 53.0 Å². The molecule has 0 radical (unpaired) electrons. The Morgan fingerprint density at radius 1 is 1.22 bits per heavy atom. The smallest absolute Gasteiger partial charge is 0.306 e. The predicted molar refractivity (Wildman–Crippen MR) is 65.7 cm³/mol. The van der Waals surface area contributed by atoms with Crippen LogP contribution in [0.1, 0.15) is 6.42 Å². The van der Waals surface area contributed by atoms with Crippen molar-refractivity contribution in [3.8, 4) is 0 Å². The van der Waals surface area contributed by atoms with E-state index in [2.05, 4.69) is 16.8 Å². The highest BCUT2D eigenvalue weighted by Gasteiger charge is 2.26. The first-order valence-corrected chi connectivity index (χ1v) is 6.49. The molecule has 0 amide bonds. The molecule has 0 bridgehead atoms. The van der Waals surface area contributed by atoms with Crippen LogP contribution in [-0.4, -0.2) is 86.1 Å². The number of carboxylic acids is 1. The van der Waals surface area contributed by atoms with E-state index in [1.165, 1.54) is 0 Å². The van der Waals surface area contributed by atoms with Crippen molar-refractivity contribution >= 4 is 5.97 Å². The molecule has 6 nitrogen and oxygen atoms in total. The third-order valence-electron chi connectivity index (χ3n) is 3.43. The molecule has 0 aliphatic carbocycles. The van der Waals surface area contributed by atoms with Gasteiger partial charge >= 0.3 is 5.97 Å². The van der Waals surface area contributed by atoms with Gasteiger partial charge in [0.15, 0.2) is 0 Å². The highest BCUT2D eigenvalue weighted by atomic mass is 16.5. The van der Waals surface area contributed by atoms with Crippen molar-refractivity contribution in [1.82, 2.24) is 9.80 Å². The zero-order chi connectivity index (χ0) is 13.0. The van der Waals surface area contributed by atoms with Crippen molar-refractivity contribution in [3.63, 3.8) is 0 Å². The summed E-state index contributed by atoms with van der Waals surface area (Å²) in [4.78, 5) is 15.2. The quantitative estimate of drug-likeness (QED) is 0.733. The molecule has 2 heterocycles. The molecule has 2 aliphatic heterocycles. The lowest BCUT2D eigenvalue weighted by Gasteiger charge is -2.37. The maximum Gasteiger partial charge on any atom is 0.306 e. The lowest BCUT2D eigenvalue weighted by atomic mass is 10.2. The Kier molecular flexibility index (Phi) is 4.94. The van der Waals surface area contributed by atoms with Crippen molar-refractivity contribution in [2.24, 2.45) is 0 Å². The molecule has 2 fully saturated rings. The predicted octanol–water partition coefficient (Wildman–Crippen LogP) is -0.507. The Bertz CT molecular complexity index is 287. The fraction of sp³-hybridized carbons (Fsp3) is 0.917. The fourth-order valence-electron chi connectivity index (χ4n) is 2.53. The standard InChI is InChI=1S/C12H22N2O4/c1-13-2-4-18-11(7-13)9-14-3-5-17-10(8-14)6-12(15)16/h10-11H,2-9H2,1H3,(H,15,16). The second kappa shape index (κ2) is 6.47. The Morgan fingerprint density at radius 2 is 1.94 bits per heavy atom. The molecule has 18 heavy (non-hydrogen) atoms. The first-order valence-electron chi connectivity index (χ1n) is 6.49. The van der Waals surface area contributed by atoms with Crippen LogP contribution in [0.4, 0.5) is 0 Å². The van der Waals surface area contributed by atoms with E-state index in [4.69, 9.17) is 14.6 Å². The van der Waals surface area contributed by atoms with E-state index >= 15 is 0 Å². The molecular weight excluding hydrogens is 236 g/mol. The van der Waals surface area contributed by atoms with Crippen LogP contribution in [0.5, 0.6) is 0 Å². The monoisotopic (exact) mass is 258 g/mol. The van der Waals surface area contributed by atoms with E-state index < -0.39 is 5.97 Å². The lowest BCUT2D eigenvalue weighted by Crippen LogP contribution is -2.50. The summed E-state index contributed by atoms with van der Waals surface area (Å²) in [6.45, 7) is 5.74. The molecule has 1 N–H and O–H groups in total. The van der Waals surface area contributed by atoms with Crippen LogP contribution in [0, 0.1) is 0 Å². The van der Waals surface area contributed by atoms with Gasteiger partial charge in [-0.1, -0.05) is 0 Å². The van der Waals surface area contributed by atoms with E-state index in [1.807, 2.05) is 0 Å². The molecule has 6 heteroatoms. The summed E-state index contributed by atoms with van der Waals surface area (Å²) >= 11 is 0. The van der Waals surface area contributed by atoms with Gasteiger partial charge in [0.25, 0.3) is 0 Å². The van der Waals surface area contributed by atoms with Gasteiger partial charge in [-0.25, -0.2) is 0 Å². The highest BCUT2D eigenvalue weighted by Crippen LogP contribution is 2.12. The summed E-state index contributed by atoms with van der Waals surface area (Å²) in [5.41, 5.74) is 0. The van der Waals surface area contributed by atoms with Crippen molar-refractivity contribution < 1.29 is 19.4 Å². The van der Waals surface area contributed by atoms with Gasteiger partial charge in [-0.2, -0.15) is 0 Å². The van der Waals surface area contributed by atoms with Crippen LogP contribution in [-0.2, 0) is 14.3 Å². The molecule has 0 aromatic heterocycles. The molecular formula is C12H22N2O4. The van der Waals surface area contributed by atoms with Gasteiger partial charge < -0.3 is 19.5 Å². The third kappa shape index (κ3) is 4.20. The number of ether oxygens (including phenoxy) is 2. The average molecular weight is 258 g/mol. The normalized spacial score (nSPS) is 31.4. The van der Waals surface area contributed by atoms with Crippen molar-refractivity contribution in [3.05, 3.63) is 0 Å². The van der Waals surface area contributed by atoms with Crippen molar-refractivity contribution in [2.45, 2.75) is 18.6 Å². The second-order valence-corrected chi connectivity index (χ2v) is 5.11. The molecule has 104 valence electrons. The van der Waals surface area contributed by atoms with Crippen LogP contribution in [0.25, 0.3) is 0 Å². The SMILES string of the molecule is CN1CCOC(CN2CCOC(CC(=O)O)C2)C1. The number of hydrogen-bond donors (Lipinski definition) is 1. The molecule has 2 aliphatic rings. The van der Waals surface area contributed by atoms with E-state index in [9.17, 15) is 4.79 Å². The molecule has 2 unspecified atom stereocenters.